The third kappa shape index (κ3) is 4.62. The number of nitrogens with zero attached hydrogens (tertiary/aromatic N) is 2. The zero-order valence-corrected chi connectivity index (χ0v) is 16.4. The van der Waals surface area contributed by atoms with Gasteiger partial charge in [0.2, 0.25) is 5.91 Å². The van der Waals surface area contributed by atoms with Crippen molar-refractivity contribution < 1.29 is 4.79 Å². The molecule has 2 rings (SSSR count). The third-order valence-corrected chi connectivity index (χ3v) is 4.09. The fraction of sp³-hybridized carbons (Fsp3) is 0.529. The molecule has 0 fully saturated rings. The summed E-state index contributed by atoms with van der Waals surface area (Å²) in [4.78, 5) is 16.9. The molecular weight excluding hydrogens is 347 g/mol. The first kappa shape index (κ1) is 22.7. The minimum Gasteiger partial charge on any atom is -0.346 e. The van der Waals surface area contributed by atoms with Crippen LogP contribution in [0.3, 0.4) is 0 Å². The van der Waals surface area contributed by atoms with Crippen LogP contribution in [0.1, 0.15) is 52.5 Å². The standard InChI is InChI=1S/C17H26N4O.2ClH/c1-10(2)21-15-9-7-6-8-14(15)20-16(21)13(5)19-17(22)11(3)12(4)18;;/h6-13H,18H2,1-5H3,(H,19,22);2*1H. The predicted octanol–water partition coefficient (Wildman–Crippen LogP) is 3.62. The molecule has 0 radical (unpaired) electrons. The first-order valence-corrected chi connectivity index (χ1v) is 7.85. The average molecular weight is 375 g/mol. The third-order valence-electron chi connectivity index (χ3n) is 4.09. The fourth-order valence-corrected chi connectivity index (χ4v) is 2.56. The number of imidazole rings is 1. The van der Waals surface area contributed by atoms with Crippen LogP contribution >= 0.6 is 24.8 Å². The Morgan fingerprint density at radius 1 is 1.12 bits per heavy atom. The normalized spacial score (nSPS) is 14.5. The molecule has 3 N–H and O–H groups in total. The molecule has 1 aromatic carbocycles. The zero-order chi connectivity index (χ0) is 16.4. The van der Waals surface area contributed by atoms with E-state index in [0.717, 1.165) is 16.9 Å². The molecule has 1 aromatic heterocycles. The first-order chi connectivity index (χ1) is 10.3. The molecule has 3 atom stereocenters. The van der Waals surface area contributed by atoms with Crippen molar-refractivity contribution >= 4 is 41.8 Å². The molecular formula is C17H28Cl2N4O. The van der Waals surface area contributed by atoms with E-state index in [1.807, 2.05) is 39.0 Å². The highest BCUT2D eigenvalue weighted by Crippen LogP contribution is 2.25. The van der Waals surface area contributed by atoms with Gasteiger partial charge in [0, 0.05) is 18.0 Å². The van der Waals surface area contributed by atoms with Crippen LogP contribution in [0.15, 0.2) is 24.3 Å². The summed E-state index contributed by atoms with van der Waals surface area (Å²) in [7, 11) is 0. The van der Waals surface area contributed by atoms with Gasteiger partial charge in [-0.25, -0.2) is 4.98 Å². The lowest BCUT2D eigenvalue weighted by Gasteiger charge is -2.21. The Morgan fingerprint density at radius 2 is 1.71 bits per heavy atom. The largest absolute Gasteiger partial charge is 0.346 e. The van der Waals surface area contributed by atoms with Gasteiger partial charge in [-0.15, -0.1) is 24.8 Å². The van der Waals surface area contributed by atoms with Gasteiger partial charge in [-0.1, -0.05) is 19.1 Å². The number of carbonyl (C=O) groups is 1. The predicted molar refractivity (Wildman–Crippen MR) is 104 cm³/mol. The van der Waals surface area contributed by atoms with Crippen molar-refractivity contribution in [1.29, 1.82) is 0 Å². The van der Waals surface area contributed by atoms with E-state index < -0.39 is 0 Å². The van der Waals surface area contributed by atoms with E-state index in [4.69, 9.17) is 10.7 Å². The summed E-state index contributed by atoms with van der Waals surface area (Å²) in [6.45, 7) is 9.90. The monoisotopic (exact) mass is 374 g/mol. The number of para-hydroxylation sites is 2. The Balaban J connectivity index is 0.00000264. The molecule has 0 saturated carbocycles. The van der Waals surface area contributed by atoms with E-state index in [-0.39, 0.29) is 54.8 Å². The van der Waals surface area contributed by atoms with Crippen LogP contribution in [-0.2, 0) is 4.79 Å². The quantitative estimate of drug-likeness (QED) is 0.838. The van der Waals surface area contributed by atoms with Crippen LogP contribution in [0.4, 0.5) is 0 Å². The molecule has 0 aliphatic heterocycles. The fourth-order valence-electron chi connectivity index (χ4n) is 2.56. The summed E-state index contributed by atoms with van der Waals surface area (Å²) in [5.74, 6) is 0.616. The van der Waals surface area contributed by atoms with Gasteiger partial charge < -0.3 is 15.6 Å². The highest BCUT2D eigenvalue weighted by atomic mass is 35.5. The Bertz CT molecular complexity index is 670. The van der Waals surface area contributed by atoms with Crippen molar-refractivity contribution in [2.24, 2.45) is 11.7 Å². The molecule has 2 aromatic rings. The minimum absolute atomic E-state index is 0. The number of hydrogen-bond acceptors (Lipinski definition) is 3. The van der Waals surface area contributed by atoms with E-state index in [0.29, 0.717) is 0 Å². The molecule has 0 aliphatic rings. The van der Waals surface area contributed by atoms with Crippen molar-refractivity contribution in [3.8, 4) is 0 Å². The SMILES string of the molecule is CC(NC(=O)C(C)C(C)N)c1nc2ccccc2n1C(C)C.Cl.Cl. The lowest BCUT2D eigenvalue weighted by Crippen LogP contribution is -2.40. The van der Waals surface area contributed by atoms with E-state index in [1.54, 1.807) is 0 Å². The van der Waals surface area contributed by atoms with Gasteiger partial charge in [0.25, 0.3) is 0 Å². The van der Waals surface area contributed by atoms with Crippen molar-refractivity contribution in [3.05, 3.63) is 30.1 Å². The molecule has 3 unspecified atom stereocenters. The maximum atomic E-state index is 12.2. The number of nitrogens with one attached hydrogen (secondary N) is 1. The van der Waals surface area contributed by atoms with Crippen molar-refractivity contribution in [1.82, 2.24) is 14.9 Å². The van der Waals surface area contributed by atoms with Crippen molar-refractivity contribution in [3.63, 3.8) is 0 Å². The molecule has 1 amide bonds. The highest BCUT2D eigenvalue weighted by molar-refractivity contribution is 5.85. The summed E-state index contributed by atoms with van der Waals surface area (Å²) in [5, 5.41) is 3.03. The molecule has 5 nitrogen and oxygen atoms in total. The van der Waals surface area contributed by atoms with E-state index in [1.165, 1.54) is 0 Å². The molecule has 24 heavy (non-hydrogen) atoms. The van der Waals surface area contributed by atoms with E-state index in [2.05, 4.69) is 29.8 Å². The lowest BCUT2D eigenvalue weighted by molar-refractivity contribution is -0.125. The summed E-state index contributed by atoms with van der Waals surface area (Å²) in [5.41, 5.74) is 7.85. The minimum atomic E-state index is -0.223. The second-order valence-electron chi connectivity index (χ2n) is 6.30. The van der Waals surface area contributed by atoms with E-state index >= 15 is 0 Å². The first-order valence-electron chi connectivity index (χ1n) is 7.85. The Kier molecular flexibility index (Phi) is 8.75. The van der Waals surface area contributed by atoms with Gasteiger partial charge >= 0.3 is 0 Å². The molecule has 1 heterocycles. The second-order valence-corrected chi connectivity index (χ2v) is 6.30. The average Bonchev–Trinajstić information content (AvgIpc) is 2.85. The number of hydrogen-bond donors (Lipinski definition) is 2. The van der Waals surface area contributed by atoms with Crippen LogP contribution in [0.5, 0.6) is 0 Å². The van der Waals surface area contributed by atoms with Crippen LogP contribution in [0.25, 0.3) is 11.0 Å². The number of fused-ring (bicyclic) bond motifs is 1. The summed E-state index contributed by atoms with van der Waals surface area (Å²) < 4.78 is 2.18. The van der Waals surface area contributed by atoms with Crippen molar-refractivity contribution in [2.75, 3.05) is 0 Å². The van der Waals surface area contributed by atoms with Gasteiger partial charge in [-0.05, 0) is 39.8 Å². The van der Waals surface area contributed by atoms with Crippen LogP contribution in [-0.4, -0.2) is 21.5 Å². The number of amides is 1. The summed E-state index contributed by atoms with van der Waals surface area (Å²) in [6, 6.07) is 7.98. The smallest absolute Gasteiger partial charge is 0.224 e. The van der Waals surface area contributed by atoms with Gasteiger partial charge in [-0.3, -0.25) is 4.79 Å². The Labute approximate surface area is 156 Å². The van der Waals surface area contributed by atoms with Gasteiger partial charge in [0.15, 0.2) is 0 Å². The molecule has 0 aliphatic carbocycles. The number of rotatable bonds is 5. The van der Waals surface area contributed by atoms with Gasteiger partial charge in [0.05, 0.1) is 17.1 Å². The number of aromatic nitrogens is 2. The van der Waals surface area contributed by atoms with Crippen LogP contribution < -0.4 is 11.1 Å². The topological polar surface area (TPSA) is 72.9 Å². The number of carbonyl (C=O) groups excluding carboxylic acids is 1. The van der Waals surface area contributed by atoms with Crippen molar-refractivity contribution in [2.45, 2.75) is 52.7 Å². The zero-order valence-electron chi connectivity index (χ0n) is 14.8. The van der Waals surface area contributed by atoms with Crippen LogP contribution in [0, 0.1) is 5.92 Å². The van der Waals surface area contributed by atoms with Gasteiger partial charge in [-0.2, -0.15) is 0 Å². The number of benzene rings is 1. The molecule has 7 heteroatoms. The molecule has 0 spiro atoms. The number of nitrogens with two attached hydrogens (primary N) is 1. The summed E-state index contributed by atoms with van der Waals surface area (Å²) >= 11 is 0. The molecule has 136 valence electrons. The highest BCUT2D eigenvalue weighted by Gasteiger charge is 2.23. The summed E-state index contributed by atoms with van der Waals surface area (Å²) in [6.07, 6.45) is 0. The maximum Gasteiger partial charge on any atom is 0.224 e. The van der Waals surface area contributed by atoms with Gasteiger partial charge in [0.1, 0.15) is 5.82 Å². The van der Waals surface area contributed by atoms with E-state index in [9.17, 15) is 4.79 Å². The molecule has 0 saturated heterocycles. The Morgan fingerprint density at radius 3 is 2.25 bits per heavy atom. The maximum absolute atomic E-state index is 12.2. The van der Waals surface area contributed by atoms with Crippen LogP contribution in [0.2, 0.25) is 0 Å². The molecule has 0 bridgehead atoms. The lowest BCUT2D eigenvalue weighted by atomic mass is 10.0. The Hall–Kier alpha value is -1.30. The second kappa shape index (κ2) is 9.25. The number of halogens is 2.